The fraction of sp³-hybridized carbons (Fsp3) is 0.273. The van der Waals surface area contributed by atoms with Crippen molar-refractivity contribution in [1.29, 1.82) is 0 Å². The lowest BCUT2D eigenvalue weighted by atomic mass is 10.1. The first-order valence-electron chi connectivity index (χ1n) is 9.51. The Morgan fingerprint density at radius 3 is 2.10 bits per heavy atom. The molecular formula is C22H25N3O6. The predicted molar refractivity (Wildman–Crippen MR) is 116 cm³/mol. The van der Waals surface area contributed by atoms with Crippen molar-refractivity contribution in [3.63, 3.8) is 0 Å². The summed E-state index contributed by atoms with van der Waals surface area (Å²) in [5.41, 5.74) is 1.03. The number of hydrogen-bond donors (Lipinski definition) is 1. The first kappa shape index (κ1) is 23.4. The quantitative estimate of drug-likeness (QED) is 0.428. The summed E-state index contributed by atoms with van der Waals surface area (Å²) in [6.07, 6.45) is -1.46. The molecule has 9 heteroatoms. The van der Waals surface area contributed by atoms with Crippen molar-refractivity contribution in [3.05, 3.63) is 81.5 Å². The minimum absolute atomic E-state index is 0.0680. The molecule has 1 unspecified atom stereocenters. The van der Waals surface area contributed by atoms with Gasteiger partial charge in [0.15, 0.2) is 17.1 Å². The number of nitro groups is 1. The van der Waals surface area contributed by atoms with Crippen molar-refractivity contribution in [1.82, 2.24) is 5.32 Å². The highest BCUT2D eigenvalue weighted by atomic mass is 16.6. The fourth-order valence-corrected chi connectivity index (χ4v) is 2.81. The topological polar surface area (TPSA) is 112 Å². The van der Waals surface area contributed by atoms with Gasteiger partial charge in [-0.1, -0.05) is 42.5 Å². The molecule has 1 aliphatic heterocycles. The Morgan fingerprint density at radius 1 is 1.06 bits per heavy atom. The van der Waals surface area contributed by atoms with E-state index in [1.807, 2.05) is 30.3 Å². The van der Waals surface area contributed by atoms with Crippen LogP contribution in [0.3, 0.4) is 0 Å². The second-order valence-electron chi connectivity index (χ2n) is 6.24. The average Bonchev–Trinajstić information content (AvgIpc) is 2.79. The molecule has 0 amide bonds. The number of carbonyl (C=O) groups is 1. The van der Waals surface area contributed by atoms with Gasteiger partial charge in [-0.25, -0.2) is 4.79 Å². The molecule has 0 aromatic heterocycles. The summed E-state index contributed by atoms with van der Waals surface area (Å²) in [5, 5.41) is 14.2. The number of aliphatic imine (C=N–C) groups is 1. The molecule has 1 aliphatic rings. The molecule has 164 valence electrons. The molecule has 0 saturated carbocycles. The van der Waals surface area contributed by atoms with Crippen LogP contribution in [0.25, 0.3) is 0 Å². The van der Waals surface area contributed by atoms with Gasteiger partial charge in [0.25, 0.3) is 0 Å². The van der Waals surface area contributed by atoms with Crippen LogP contribution in [0.2, 0.25) is 0 Å². The number of nitrogens with zero attached hydrogens (tertiary/aromatic N) is 2. The van der Waals surface area contributed by atoms with E-state index in [-0.39, 0.29) is 12.2 Å². The first-order chi connectivity index (χ1) is 14.9. The number of benzene rings is 2. The second kappa shape index (κ2) is 11.3. The van der Waals surface area contributed by atoms with Crippen LogP contribution in [0.1, 0.15) is 19.4 Å². The number of rotatable bonds is 6. The Hall–Kier alpha value is -3.88. The summed E-state index contributed by atoms with van der Waals surface area (Å²) in [7, 11) is 3.25. The molecule has 3 rings (SSSR count). The lowest BCUT2D eigenvalue weighted by Crippen LogP contribution is -2.39. The predicted octanol–water partition coefficient (Wildman–Crippen LogP) is 3.18. The van der Waals surface area contributed by atoms with Gasteiger partial charge in [-0.05, 0) is 26.0 Å². The first-order valence-corrected chi connectivity index (χ1v) is 9.51. The van der Waals surface area contributed by atoms with E-state index in [1.165, 1.54) is 0 Å². The minimum Gasteiger partial charge on any atom is -0.493 e. The standard InChI is InChI=1S/C14H15N3O4.C8H10O2/c1-3-21-14(18)11-9(2)15-12(16-13(11)17(19)20)10-7-5-4-6-8-10;1-9-7-5-3-4-6-8(7)10-2/h4-8,13H,3H2,1-2H3,(H,15,16);3-6H,1-2H3. The Balaban J connectivity index is 0.000000285. The number of esters is 1. The largest absolute Gasteiger partial charge is 0.493 e. The summed E-state index contributed by atoms with van der Waals surface area (Å²) in [5.74, 6) is 1.18. The monoisotopic (exact) mass is 427 g/mol. The van der Waals surface area contributed by atoms with Crippen LogP contribution < -0.4 is 14.8 Å². The summed E-state index contributed by atoms with van der Waals surface area (Å²) >= 11 is 0. The van der Waals surface area contributed by atoms with Crippen LogP contribution in [-0.4, -0.2) is 43.7 Å². The van der Waals surface area contributed by atoms with Gasteiger partial charge in [0.05, 0.1) is 25.7 Å². The Bertz CT molecular complexity index is 949. The van der Waals surface area contributed by atoms with E-state index in [2.05, 4.69) is 10.3 Å². The summed E-state index contributed by atoms with van der Waals surface area (Å²) in [6.45, 7) is 3.39. The summed E-state index contributed by atoms with van der Waals surface area (Å²) in [6, 6.07) is 16.5. The SMILES string of the molecule is CCOC(=O)C1=C(C)NC(c2ccccc2)=NC1[N+](=O)[O-].COc1ccccc1OC. The van der Waals surface area contributed by atoms with Gasteiger partial charge in [-0.15, -0.1) is 0 Å². The van der Waals surface area contributed by atoms with E-state index >= 15 is 0 Å². The van der Waals surface area contributed by atoms with E-state index < -0.39 is 17.1 Å². The fourth-order valence-electron chi connectivity index (χ4n) is 2.81. The maximum Gasteiger partial charge on any atom is 0.345 e. The van der Waals surface area contributed by atoms with Crippen LogP contribution in [0, 0.1) is 10.1 Å². The maximum atomic E-state index is 11.9. The summed E-state index contributed by atoms with van der Waals surface area (Å²) in [4.78, 5) is 26.5. The van der Waals surface area contributed by atoms with Crippen molar-refractivity contribution in [3.8, 4) is 11.5 Å². The van der Waals surface area contributed by atoms with Crippen molar-refractivity contribution < 1.29 is 23.9 Å². The lowest BCUT2D eigenvalue weighted by Gasteiger charge is -2.21. The third kappa shape index (κ3) is 6.05. The molecule has 0 fully saturated rings. The average molecular weight is 427 g/mol. The zero-order valence-corrected chi connectivity index (χ0v) is 17.8. The van der Waals surface area contributed by atoms with Gasteiger partial charge < -0.3 is 19.5 Å². The van der Waals surface area contributed by atoms with Crippen molar-refractivity contribution in [2.75, 3.05) is 20.8 Å². The van der Waals surface area contributed by atoms with Gasteiger partial charge in [-0.3, -0.25) is 10.1 Å². The number of hydrogen-bond acceptors (Lipinski definition) is 8. The lowest BCUT2D eigenvalue weighted by molar-refractivity contribution is -0.509. The van der Waals surface area contributed by atoms with E-state index in [4.69, 9.17) is 14.2 Å². The van der Waals surface area contributed by atoms with Crippen LogP contribution in [0.4, 0.5) is 0 Å². The van der Waals surface area contributed by atoms with Crippen LogP contribution in [0.15, 0.2) is 70.9 Å². The number of ether oxygens (including phenoxy) is 3. The van der Waals surface area contributed by atoms with Gasteiger partial charge in [-0.2, -0.15) is 4.99 Å². The zero-order chi connectivity index (χ0) is 22.8. The molecule has 2 aromatic carbocycles. The molecule has 31 heavy (non-hydrogen) atoms. The third-order valence-electron chi connectivity index (χ3n) is 4.25. The van der Waals surface area contributed by atoms with E-state index in [0.29, 0.717) is 17.1 Å². The number of allylic oxidation sites excluding steroid dienone is 1. The highest BCUT2D eigenvalue weighted by Crippen LogP contribution is 2.24. The molecule has 1 heterocycles. The van der Waals surface area contributed by atoms with Gasteiger partial charge >= 0.3 is 12.1 Å². The highest BCUT2D eigenvalue weighted by Gasteiger charge is 2.37. The minimum atomic E-state index is -1.46. The van der Waals surface area contributed by atoms with Crippen LogP contribution in [0.5, 0.6) is 11.5 Å². The molecule has 0 radical (unpaired) electrons. The molecule has 0 saturated heterocycles. The van der Waals surface area contributed by atoms with Crippen molar-refractivity contribution in [2.24, 2.45) is 4.99 Å². The van der Waals surface area contributed by atoms with E-state index in [9.17, 15) is 14.9 Å². The molecule has 0 spiro atoms. The van der Waals surface area contributed by atoms with Crippen LogP contribution in [-0.2, 0) is 9.53 Å². The molecule has 0 aliphatic carbocycles. The highest BCUT2D eigenvalue weighted by molar-refractivity contribution is 6.03. The van der Waals surface area contributed by atoms with E-state index in [1.54, 1.807) is 52.3 Å². The zero-order valence-electron chi connectivity index (χ0n) is 17.8. The summed E-state index contributed by atoms with van der Waals surface area (Å²) < 4.78 is 14.9. The molecular weight excluding hydrogens is 402 g/mol. The molecule has 9 nitrogen and oxygen atoms in total. The second-order valence-corrected chi connectivity index (χ2v) is 6.24. The van der Waals surface area contributed by atoms with Crippen molar-refractivity contribution in [2.45, 2.75) is 20.0 Å². The molecule has 0 bridgehead atoms. The van der Waals surface area contributed by atoms with Crippen molar-refractivity contribution >= 4 is 11.8 Å². The number of methoxy groups -OCH3 is 2. The van der Waals surface area contributed by atoms with Crippen LogP contribution >= 0.6 is 0 Å². The number of carbonyl (C=O) groups excluding carboxylic acids is 1. The number of amidine groups is 1. The maximum absolute atomic E-state index is 11.9. The normalized spacial score (nSPS) is 15.0. The molecule has 2 aromatic rings. The Kier molecular flexibility index (Phi) is 8.56. The third-order valence-corrected chi connectivity index (χ3v) is 4.25. The Labute approximate surface area is 180 Å². The number of nitrogens with one attached hydrogen (secondary N) is 1. The smallest absolute Gasteiger partial charge is 0.345 e. The van der Waals surface area contributed by atoms with Gasteiger partial charge in [0, 0.05) is 11.3 Å². The van der Waals surface area contributed by atoms with E-state index in [0.717, 1.165) is 11.5 Å². The molecule has 1 atom stereocenters. The Morgan fingerprint density at radius 2 is 1.61 bits per heavy atom. The van der Waals surface area contributed by atoms with Gasteiger partial charge in [0.2, 0.25) is 0 Å². The number of para-hydroxylation sites is 2. The molecule has 1 N–H and O–H groups in total. The van der Waals surface area contributed by atoms with Gasteiger partial charge in [0.1, 0.15) is 5.84 Å².